The second-order valence-corrected chi connectivity index (χ2v) is 16.1. The number of benzene rings is 2. The number of halogens is 2. The standard InChI is InChI=1S/C40H42Cl2N8O6/c1-5-22(43-39(53)55-3)37(51)49-24-15-21(24)16-25(49)35-45-29(33(41)47-35)19-11-7-17(8-12-19)18-9-13-20(14-10-18)30-34(42)48-36(46-30)32-28-26-27(28)31(26)50(32)38(52)23(6-2)44-40(54)56-4/h7-14,21-28,31-32H,5-6,15-16H2,1-4H3,(H,43,53)(H,44,54)(H,45,47)(H,46,48)/t21-,22+,23+,24-,25+,26-,27?,28?,31?,32+/m1/s1. The normalized spacial score (nSPS) is 27.2. The Morgan fingerprint density at radius 3 is 1.68 bits per heavy atom. The fourth-order valence-electron chi connectivity index (χ4n) is 9.31. The van der Waals surface area contributed by atoms with Crippen molar-refractivity contribution < 1.29 is 28.7 Å². The Labute approximate surface area is 333 Å². The minimum atomic E-state index is -0.686. The molecule has 3 saturated carbocycles. The first-order valence-electron chi connectivity index (χ1n) is 19.1. The number of carbonyl (C=O) groups excluding carboxylic acids is 4. The van der Waals surface area contributed by atoms with Crippen molar-refractivity contribution >= 4 is 47.2 Å². The van der Waals surface area contributed by atoms with Gasteiger partial charge in [0, 0.05) is 23.2 Å². The molecule has 10 rings (SSSR count). The summed E-state index contributed by atoms with van der Waals surface area (Å²) in [6.07, 6.45) is 1.35. The number of nitrogens with zero attached hydrogens (tertiary/aromatic N) is 4. The van der Waals surface area contributed by atoms with Gasteiger partial charge >= 0.3 is 12.2 Å². The monoisotopic (exact) mass is 800 g/mol. The van der Waals surface area contributed by atoms with Gasteiger partial charge < -0.3 is 39.9 Å². The molecule has 10 atom stereocenters. The quantitative estimate of drug-likeness (QED) is 0.133. The number of nitrogens with one attached hydrogen (secondary N) is 4. The van der Waals surface area contributed by atoms with Crippen LogP contribution in [0.4, 0.5) is 9.59 Å². The van der Waals surface area contributed by atoms with E-state index in [1.54, 1.807) is 0 Å². The zero-order chi connectivity index (χ0) is 39.2. The van der Waals surface area contributed by atoms with E-state index < -0.39 is 24.3 Å². The highest BCUT2D eigenvalue weighted by Crippen LogP contribution is 2.81. The van der Waals surface area contributed by atoms with Crippen LogP contribution < -0.4 is 10.6 Å². The highest BCUT2D eigenvalue weighted by atomic mass is 35.5. The van der Waals surface area contributed by atoms with Crippen molar-refractivity contribution in [3.63, 3.8) is 0 Å². The molecule has 0 spiro atoms. The molecule has 3 unspecified atom stereocenters. The van der Waals surface area contributed by atoms with Crippen LogP contribution in [0.5, 0.6) is 0 Å². The van der Waals surface area contributed by atoms with E-state index >= 15 is 0 Å². The molecule has 3 aliphatic carbocycles. The van der Waals surface area contributed by atoms with E-state index in [-0.39, 0.29) is 36.0 Å². The molecular weight excluding hydrogens is 759 g/mol. The Morgan fingerprint density at radius 1 is 0.714 bits per heavy atom. The molecule has 3 aliphatic heterocycles. The molecule has 6 aliphatic rings. The van der Waals surface area contributed by atoms with E-state index in [4.69, 9.17) is 42.6 Å². The zero-order valence-corrected chi connectivity index (χ0v) is 32.7. The third-order valence-corrected chi connectivity index (χ3v) is 13.0. The number of imidazole rings is 2. The van der Waals surface area contributed by atoms with Gasteiger partial charge in [-0.15, -0.1) is 0 Å². The van der Waals surface area contributed by atoms with Gasteiger partial charge in [-0.3, -0.25) is 9.59 Å². The highest BCUT2D eigenvalue weighted by molar-refractivity contribution is 6.32. The van der Waals surface area contributed by atoms with Crippen LogP contribution in [0.1, 0.15) is 63.3 Å². The number of fused-ring (bicyclic) bond motifs is 2. The maximum atomic E-state index is 13.6. The molecule has 2 aromatic heterocycles. The van der Waals surface area contributed by atoms with Gasteiger partial charge in [0.15, 0.2) is 0 Å². The van der Waals surface area contributed by atoms with E-state index in [1.165, 1.54) is 14.2 Å². The third kappa shape index (κ3) is 5.99. The summed E-state index contributed by atoms with van der Waals surface area (Å²) in [5.41, 5.74) is 4.87. The van der Waals surface area contributed by atoms with Gasteiger partial charge in [-0.25, -0.2) is 19.6 Å². The van der Waals surface area contributed by atoms with E-state index in [1.807, 2.05) is 72.2 Å². The Kier molecular flexibility index (Phi) is 9.03. The lowest BCUT2D eigenvalue weighted by atomic mass is 10.0. The van der Waals surface area contributed by atoms with Crippen LogP contribution in [-0.2, 0) is 19.1 Å². The lowest BCUT2D eigenvalue weighted by Gasteiger charge is -2.30. The topological polar surface area (TPSA) is 175 Å². The average molecular weight is 802 g/mol. The SMILES string of the molecule is CC[C@H](NC(=O)OC)C(=O)N1C2C3C([C@@H]32)[C@H]1c1nc(-c2ccc(-c3ccc(-c4nc([C@@H]5C[C@H]6C[C@H]6N5C(=O)[C@H](CC)NC(=O)OC)[nH]c4Cl)cc3)cc2)c(Cl)[nH]1. The number of likely N-dealkylation sites (tertiary alicyclic amines) is 1. The number of piperidine rings is 2. The smallest absolute Gasteiger partial charge is 0.407 e. The second-order valence-electron chi connectivity index (χ2n) is 15.4. The fraction of sp³-hybridized carbons (Fsp3) is 0.450. The lowest BCUT2D eigenvalue weighted by molar-refractivity contribution is -0.136. The van der Waals surface area contributed by atoms with Crippen molar-refractivity contribution in [1.29, 1.82) is 0 Å². The number of hydrogen-bond donors (Lipinski definition) is 4. The predicted molar refractivity (Wildman–Crippen MR) is 206 cm³/mol. The molecule has 14 nitrogen and oxygen atoms in total. The van der Waals surface area contributed by atoms with Crippen molar-refractivity contribution in [2.24, 2.45) is 23.7 Å². The Hall–Kier alpha value is -5.08. The summed E-state index contributed by atoms with van der Waals surface area (Å²) in [5.74, 6) is 2.75. The van der Waals surface area contributed by atoms with Crippen molar-refractivity contribution in [3.05, 3.63) is 70.5 Å². The van der Waals surface area contributed by atoms with Crippen LogP contribution >= 0.6 is 23.2 Å². The number of H-pyrrole nitrogens is 2. The summed E-state index contributed by atoms with van der Waals surface area (Å²) in [7, 11) is 2.56. The minimum Gasteiger partial charge on any atom is -0.453 e. The van der Waals surface area contributed by atoms with Crippen LogP contribution in [0.2, 0.25) is 10.3 Å². The van der Waals surface area contributed by atoms with Crippen LogP contribution in [0.15, 0.2) is 48.5 Å². The summed E-state index contributed by atoms with van der Waals surface area (Å²) >= 11 is 13.5. The maximum Gasteiger partial charge on any atom is 0.407 e. The van der Waals surface area contributed by atoms with E-state index in [2.05, 4.69) is 20.6 Å². The Bertz CT molecular complexity index is 2220. The summed E-state index contributed by atoms with van der Waals surface area (Å²) in [4.78, 5) is 71.1. The summed E-state index contributed by atoms with van der Waals surface area (Å²) in [5, 5.41) is 6.14. The minimum absolute atomic E-state index is 0.125. The molecular formula is C40H42Cl2N8O6. The number of amides is 4. The van der Waals surface area contributed by atoms with Crippen LogP contribution in [0.25, 0.3) is 33.6 Å². The molecule has 2 aromatic carbocycles. The zero-order valence-electron chi connectivity index (χ0n) is 31.2. The van der Waals surface area contributed by atoms with Crippen molar-refractivity contribution in [2.75, 3.05) is 14.2 Å². The van der Waals surface area contributed by atoms with Gasteiger partial charge in [0.1, 0.15) is 45.4 Å². The second kappa shape index (κ2) is 13.8. The van der Waals surface area contributed by atoms with Crippen molar-refractivity contribution in [2.45, 2.75) is 75.8 Å². The number of aromatic amines is 2. The highest BCUT2D eigenvalue weighted by Gasteiger charge is 2.85. The molecule has 16 heteroatoms. The van der Waals surface area contributed by atoms with Gasteiger partial charge in [0.05, 0.1) is 26.3 Å². The van der Waals surface area contributed by atoms with Crippen LogP contribution in [0, 0.1) is 23.7 Å². The molecule has 4 N–H and O–H groups in total. The fourth-order valence-corrected chi connectivity index (χ4v) is 9.81. The summed E-state index contributed by atoms with van der Waals surface area (Å²) in [6.45, 7) is 3.72. The largest absolute Gasteiger partial charge is 0.453 e. The average Bonchev–Trinajstić information content (AvgIpc) is 4.08. The van der Waals surface area contributed by atoms with Gasteiger partial charge in [0.2, 0.25) is 11.8 Å². The van der Waals surface area contributed by atoms with E-state index in [0.29, 0.717) is 69.9 Å². The Balaban J connectivity index is 0.890. The molecule has 292 valence electrons. The maximum absolute atomic E-state index is 13.6. The first-order valence-corrected chi connectivity index (χ1v) is 19.9. The van der Waals surface area contributed by atoms with Crippen LogP contribution in [-0.4, -0.2) is 92.1 Å². The van der Waals surface area contributed by atoms with Crippen molar-refractivity contribution in [3.8, 4) is 33.6 Å². The first kappa shape index (κ1) is 36.6. The molecule has 3 saturated heterocycles. The summed E-state index contributed by atoms with van der Waals surface area (Å²) in [6, 6.07) is 14.4. The van der Waals surface area contributed by atoms with E-state index in [9.17, 15) is 19.2 Å². The number of methoxy groups -OCH3 is 2. The Morgan fingerprint density at radius 2 is 1.18 bits per heavy atom. The first-order chi connectivity index (χ1) is 27.1. The third-order valence-electron chi connectivity index (χ3n) is 12.4. The molecule has 0 radical (unpaired) electrons. The number of alkyl carbamates (subject to hydrolysis) is 2. The molecule has 2 bridgehead atoms. The molecule has 6 fully saturated rings. The van der Waals surface area contributed by atoms with Crippen LogP contribution in [0.3, 0.4) is 0 Å². The number of carbonyl (C=O) groups is 4. The van der Waals surface area contributed by atoms with Crippen molar-refractivity contribution in [1.82, 2.24) is 40.4 Å². The molecule has 4 aromatic rings. The lowest BCUT2D eigenvalue weighted by Crippen LogP contribution is -2.49. The number of ether oxygens (including phenoxy) is 2. The molecule has 4 amide bonds. The van der Waals surface area contributed by atoms with Gasteiger partial charge in [-0.1, -0.05) is 85.6 Å². The number of hydrogen-bond acceptors (Lipinski definition) is 8. The number of aromatic nitrogens is 4. The van der Waals surface area contributed by atoms with E-state index in [0.717, 1.165) is 35.1 Å². The summed E-state index contributed by atoms with van der Waals surface area (Å²) < 4.78 is 9.48. The van der Waals surface area contributed by atoms with Gasteiger partial charge in [0.25, 0.3) is 0 Å². The molecule has 5 heterocycles. The van der Waals surface area contributed by atoms with Gasteiger partial charge in [-0.05, 0) is 60.5 Å². The predicted octanol–water partition coefficient (Wildman–Crippen LogP) is 6.50. The number of rotatable bonds is 11. The van der Waals surface area contributed by atoms with Gasteiger partial charge in [-0.2, -0.15) is 0 Å². The molecule has 56 heavy (non-hydrogen) atoms.